The summed E-state index contributed by atoms with van der Waals surface area (Å²) in [6.07, 6.45) is -0.276. The summed E-state index contributed by atoms with van der Waals surface area (Å²) >= 11 is 12.1. The number of amides is 2. The first-order valence-electron chi connectivity index (χ1n) is 10.3. The molecule has 1 N–H and O–H groups in total. The Morgan fingerprint density at radius 1 is 1.12 bits per heavy atom. The van der Waals surface area contributed by atoms with Crippen molar-refractivity contribution in [2.24, 2.45) is 4.99 Å². The molecule has 0 saturated carbocycles. The van der Waals surface area contributed by atoms with Crippen LogP contribution in [-0.2, 0) is 9.53 Å². The lowest BCUT2D eigenvalue weighted by molar-refractivity contribution is -0.138. The van der Waals surface area contributed by atoms with Crippen LogP contribution in [-0.4, -0.2) is 47.8 Å². The maximum atomic E-state index is 13.2. The van der Waals surface area contributed by atoms with Gasteiger partial charge in [0.05, 0.1) is 28.5 Å². The van der Waals surface area contributed by atoms with Crippen LogP contribution in [0, 0.1) is 11.3 Å². The van der Waals surface area contributed by atoms with E-state index < -0.39 is 11.8 Å². The molecule has 2 aliphatic rings. The molecule has 0 radical (unpaired) electrons. The Bertz CT molecular complexity index is 1240. The Balaban J connectivity index is 1.71. The van der Waals surface area contributed by atoms with E-state index in [-0.39, 0.29) is 39.9 Å². The molecular weight excluding hydrogens is 463 g/mol. The molecule has 2 amide bonds. The van der Waals surface area contributed by atoms with Crippen LogP contribution in [0.3, 0.4) is 0 Å². The molecule has 4 rings (SSSR count). The largest absolute Gasteiger partial charge is 0.372 e. The second kappa shape index (κ2) is 9.36. The summed E-state index contributed by atoms with van der Waals surface area (Å²) in [6, 6.07) is 13.7. The molecule has 2 atom stereocenters. The van der Waals surface area contributed by atoms with Crippen molar-refractivity contribution in [3.63, 3.8) is 0 Å². The topological polar surface area (TPSA) is 94.8 Å². The Hall–Kier alpha value is -3.18. The van der Waals surface area contributed by atoms with Crippen LogP contribution in [0.25, 0.3) is 5.70 Å². The highest BCUT2D eigenvalue weighted by Crippen LogP contribution is 2.32. The van der Waals surface area contributed by atoms with Gasteiger partial charge >= 0.3 is 0 Å². The van der Waals surface area contributed by atoms with Crippen LogP contribution in [0.2, 0.25) is 10.0 Å². The van der Waals surface area contributed by atoms with Crippen LogP contribution in [0.15, 0.2) is 53.0 Å². The highest BCUT2D eigenvalue weighted by atomic mass is 35.5. The number of hydrogen-bond donors (Lipinski definition) is 1. The summed E-state index contributed by atoms with van der Waals surface area (Å²) < 4.78 is 5.69. The summed E-state index contributed by atoms with van der Waals surface area (Å²) in [5.41, 5.74) is 1.57. The highest BCUT2D eigenvalue weighted by molar-refractivity contribution is 6.37. The maximum Gasteiger partial charge on any atom is 0.266 e. The normalized spacial score (nSPS) is 21.1. The summed E-state index contributed by atoms with van der Waals surface area (Å²) in [7, 11) is 0. The van der Waals surface area contributed by atoms with E-state index in [0.717, 1.165) is 0 Å². The van der Waals surface area contributed by atoms with Gasteiger partial charge in [-0.2, -0.15) is 5.26 Å². The number of fused-ring (bicyclic) bond motifs is 1. The van der Waals surface area contributed by atoms with Crippen molar-refractivity contribution in [1.82, 2.24) is 10.2 Å². The standard InChI is InChI=1S/C24H20Cl2N4O3/c1-13-11-30(12-14(2)33-13)24(32)19(10-27)21-16-5-3-4-6-17(16)22(28-21)29-23(31)18-8-7-15(25)9-20(18)26/h3-9,13-14H,11-12H2,1-2H3,(H,28,29,31)/b21-19-/t13-,14-/m0/s1. The van der Waals surface area contributed by atoms with E-state index in [1.165, 1.54) is 12.1 Å². The first-order chi connectivity index (χ1) is 15.8. The third-order valence-corrected chi connectivity index (χ3v) is 5.89. The third kappa shape index (κ3) is 4.64. The quantitative estimate of drug-likeness (QED) is 0.515. The summed E-state index contributed by atoms with van der Waals surface area (Å²) in [4.78, 5) is 32.2. The predicted molar refractivity (Wildman–Crippen MR) is 126 cm³/mol. The van der Waals surface area contributed by atoms with Gasteiger partial charge in [-0.05, 0) is 32.0 Å². The monoisotopic (exact) mass is 482 g/mol. The van der Waals surface area contributed by atoms with Crippen molar-refractivity contribution in [2.75, 3.05) is 13.1 Å². The van der Waals surface area contributed by atoms with Gasteiger partial charge in [-0.3, -0.25) is 9.59 Å². The minimum Gasteiger partial charge on any atom is -0.372 e. The predicted octanol–water partition coefficient (Wildman–Crippen LogP) is 4.05. The molecule has 0 aliphatic carbocycles. The Morgan fingerprint density at radius 2 is 1.79 bits per heavy atom. The molecule has 0 aromatic heterocycles. The van der Waals surface area contributed by atoms with Crippen LogP contribution in [0.1, 0.15) is 35.3 Å². The number of carbonyl (C=O) groups excluding carboxylic acids is 2. The average molecular weight is 483 g/mol. The van der Waals surface area contributed by atoms with Gasteiger partial charge in [-0.25, -0.2) is 4.99 Å². The molecule has 0 spiro atoms. The van der Waals surface area contributed by atoms with Crippen molar-refractivity contribution in [2.45, 2.75) is 26.1 Å². The molecule has 2 heterocycles. The molecule has 7 nitrogen and oxygen atoms in total. The van der Waals surface area contributed by atoms with E-state index in [0.29, 0.717) is 29.2 Å². The molecule has 168 valence electrons. The number of halogens is 2. The van der Waals surface area contributed by atoms with Crippen molar-refractivity contribution in [3.8, 4) is 6.07 Å². The van der Waals surface area contributed by atoms with Gasteiger partial charge in [0, 0.05) is 29.2 Å². The number of rotatable bonds is 2. The van der Waals surface area contributed by atoms with Crippen LogP contribution in [0.5, 0.6) is 0 Å². The second-order valence-electron chi connectivity index (χ2n) is 7.89. The number of aliphatic imine (C=N–C) groups is 1. The molecule has 9 heteroatoms. The number of benzene rings is 2. The number of hydrogen-bond acceptors (Lipinski definition) is 5. The molecular formula is C24H20Cl2N4O3. The van der Waals surface area contributed by atoms with Gasteiger partial charge in [0.1, 0.15) is 17.5 Å². The summed E-state index contributed by atoms with van der Waals surface area (Å²) in [6.45, 7) is 4.53. The maximum absolute atomic E-state index is 13.2. The average Bonchev–Trinajstić information content (AvgIpc) is 3.11. The smallest absolute Gasteiger partial charge is 0.266 e. The van der Waals surface area contributed by atoms with Gasteiger partial charge in [-0.1, -0.05) is 47.5 Å². The molecule has 2 aromatic carbocycles. The number of carbonyl (C=O) groups is 2. The van der Waals surface area contributed by atoms with E-state index in [1.807, 2.05) is 19.9 Å². The lowest BCUT2D eigenvalue weighted by atomic mass is 10.0. The lowest BCUT2D eigenvalue weighted by Crippen LogP contribution is -2.48. The number of morpholine rings is 1. The van der Waals surface area contributed by atoms with Crippen LogP contribution in [0.4, 0.5) is 0 Å². The fraction of sp³-hybridized carbons (Fsp3) is 0.250. The molecule has 1 saturated heterocycles. The first kappa shape index (κ1) is 23.0. The fourth-order valence-corrected chi connectivity index (χ4v) is 4.46. The first-order valence-corrected chi connectivity index (χ1v) is 11.1. The third-order valence-electron chi connectivity index (χ3n) is 5.34. The van der Waals surface area contributed by atoms with Gasteiger partial charge in [-0.15, -0.1) is 0 Å². The van der Waals surface area contributed by atoms with Gasteiger partial charge < -0.3 is 15.0 Å². The van der Waals surface area contributed by atoms with Gasteiger partial charge in [0.2, 0.25) is 0 Å². The summed E-state index contributed by atoms with van der Waals surface area (Å²) in [5.74, 6) is -0.658. The van der Waals surface area contributed by atoms with E-state index in [1.54, 1.807) is 35.2 Å². The molecule has 33 heavy (non-hydrogen) atoms. The Labute approximate surface area is 201 Å². The van der Waals surface area contributed by atoms with Crippen LogP contribution >= 0.6 is 23.2 Å². The molecule has 0 bridgehead atoms. The zero-order chi connectivity index (χ0) is 23.7. The summed E-state index contributed by atoms with van der Waals surface area (Å²) in [5, 5.41) is 13.2. The molecule has 2 aromatic rings. The number of nitriles is 1. The van der Waals surface area contributed by atoms with E-state index >= 15 is 0 Å². The van der Waals surface area contributed by atoms with Crippen molar-refractivity contribution >= 4 is 46.5 Å². The molecule has 2 aliphatic heterocycles. The SMILES string of the molecule is C[C@H]1CN(C(=O)/C(C#N)=C2\N=C(NC(=O)c3ccc(Cl)cc3Cl)c3ccccc32)C[C@H](C)O1. The van der Waals surface area contributed by atoms with E-state index in [4.69, 9.17) is 27.9 Å². The fourth-order valence-electron chi connectivity index (χ4n) is 3.97. The highest BCUT2D eigenvalue weighted by Gasteiger charge is 2.32. The van der Waals surface area contributed by atoms with Crippen LogP contribution < -0.4 is 5.32 Å². The zero-order valence-corrected chi connectivity index (χ0v) is 19.4. The Kier molecular flexibility index (Phi) is 6.52. The van der Waals surface area contributed by atoms with Gasteiger partial charge in [0.15, 0.2) is 0 Å². The molecule has 0 unspecified atom stereocenters. The zero-order valence-electron chi connectivity index (χ0n) is 17.9. The second-order valence-corrected chi connectivity index (χ2v) is 8.73. The van der Waals surface area contributed by atoms with E-state index in [9.17, 15) is 14.9 Å². The Morgan fingerprint density at radius 3 is 2.42 bits per heavy atom. The van der Waals surface area contributed by atoms with Crippen molar-refractivity contribution in [3.05, 3.63) is 74.8 Å². The molecule has 1 fully saturated rings. The number of nitrogens with zero attached hydrogens (tertiary/aromatic N) is 3. The van der Waals surface area contributed by atoms with Crippen molar-refractivity contribution < 1.29 is 14.3 Å². The lowest BCUT2D eigenvalue weighted by Gasteiger charge is -2.35. The number of ether oxygens (including phenoxy) is 1. The minimum atomic E-state index is -0.480. The number of nitrogens with one attached hydrogen (secondary N) is 1. The van der Waals surface area contributed by atoms with Crippen molar-refractivity contribution in [1.29, 1.82) is 5.26 Å². The van der Waals surface area contributed by atoms with Gasteiger partial charge in [0.25, 0.3) is 11.8 Å². The minimum absolute atomic E-state index is 0.0856. The number of amidine groups is 1. The van der Waals surface area contributed by atoms with E-state index in [2.05, 4.69) is 10.3 Å².